The number of oxime groups is 1. The topological polar surface area (TPSA) is 91.7 Å². The summed E-state index contributed by atoms with van der Waals surface area (Å²) in [5.41, 5.74) is 5.15. The van der Waals surface area contributed by atoms with E-state index in [0.29, 0.717) is 4.90 Å². The molecule has 0 fully saturated rings. The van der Waals surface area contributed by atoms with E-state index in [1.54, 1.807) is 6.26 Å². The Labute approximate surface area is 165 Å². The zero-order valence-corrected chi connectivity index (χ0v) is 16.0. The number of hydrogen-bond donors (Lipinski definition) is 1. The lowest BCUT2D eigenvalue weighted by atomic mass is 10.2. The van der Waals surface area contributed by atoms with Gasteiger partial charge in [-0.15, -0.1) is 11.8 Å². The van der Waals surface area contributed by atoms with Crippen molar-refractivity contribution >= 4 is 53.2 Å². The van der Waals surface area contributed by atoms with Crippen molar-refractivity contribution < 1.29 is 27.5 Å². The molecule has 0 radical (unpaired) electrons. The molecule has 2 aromatic rings. The summed E-state index contributed by atoms with van der Waals surface area (Å²) >= 11 is 13.2. The number of rotatable bonds is 4. The number of carbonyl (C=O) groups is 1. The van der Waals surface area contributed by atoms with Gasteiger partial charge in [0.15, 0.2) is 0 Å². The summed E-state index contributed by atoms with van der Waals surface area (Å²) in [7, 11) is 1.10. The number of carbonyl (C=O) groups excluding carboxylic acids is 1. The van der Waals surface area contributed by atoms with E-state index in [0.717, 1.165) is 30.1 Å². The van der Waals surface area contributed by atoms with Crippen LogP contribution in [-0.2, 0) is 15.8 Å². The van der Waals surface area contributed by atoms with Gasteiger partial charge >= 0.3 is 12.3 Å². The number of thioether (sulfide) groups is 1. The maximum absolute atomic E-state index is 12.9. The molecule has 0 saturated heterocycles. The molecule has 7 nitrogen and oxygen atoms in total. The van der Waals surface area contributed by atoms with Crippen LogP contribution in [0.25, 0.3) is 5.69 Å². The van der Waals surface area contributed by atoms with Gasteiger partial charge in [0.1, 0.15) is 17.2 Å². The second-order valence-corrected chi connectivity index (χ2v) is 6.41. The molecule has 0 bridgehead atoms. The molecule has 0 unspecified atom stereocenters. The summed E-state index contributed by atoms with van der Waals surface area (Å²) in [4.78, 5) is 15.7. The van der Waals surface area contributed by atoms with E-state index in [-0.39, 0.29) is 27.2 Å². The number of nitrogens with zero attached hydrogens (tertiary/aromatic N) is 3. The Kier molecular flexibility index (Phi) is 6.50. The van der Waals surface area contributed by atoms with Crippen molar-refractivity contribution in [1.29, 1.82) is 0 Å². The molecule has 0 amide bonds. The zero-order valence-electron chi connectivity index (χ0n) is 13.7. The zero-order chi connectivity index (χ0) is 20.4. The first-order valence-corrected chi connectivity index (χ1v) is 8.85. The highest BCUT2D eigenvalue weighted by Gasteiger charge is 2.32. The fraction of sp³-hybridized carbons (Fsp3) is 0.214. The standard InChI is InChI=1S/C14H11Cl2F3N4O3S/c1-25-13(24)26-21-5-9-11(27-2)12(20)23(22-9)10-7(15)3-6(4-8(10)16)14(17,18)19/h3-5H,20H2,1-2H3/b21-5+. The van der Waals surface area contributed by atoms with Crippen molar-refractivity contribution in [2.24, 2.45) is 5.16 Å². The molecular weight excluding hydrogens is 432 g/mol. The molecule has 2 rings (SSSR count). The number of halogens is 5. The normalized spacial score (nSPS) is 11.8. The van der Waals surface area contributed by atoms with E-state index >= 15 is 0 Å². The van der Waals surface area contributed by atoms with Gasteiger partial charge in [-0.05, 0) is 18.4 Å². The first-order valence-electron chi connectivity index (χ1n) is 6.87. The van der Waals surface area contributed by atoms with E-state index in [1.807, 2.05) is 0 Å². The van der Waals surface area contributed by atoms with Crippen LogP contribution in [0.5, 0.6) is 0 Å². The van der Waals surface area contributed by atoms with Crippen LogP contribution in [-0.4, -0.2) is 35.5 Å². The van der Waals surface area contributed by atoms with Gasteiger partial charge in [0.25, 0.3) is 0 Å². The molecule has 0 spiro atoms. The van der Waals surface area contributed by atoms with Gasteiger partial charge in [0.2, 0.25) is 0 Å². The van der Waals surface area contributed by atoms with Gasteiger partial charge in [0.05, 0.1) is 33.8 Å². The molecular formula is C14H11Cl2F3N4O3S. The largest absolute Gasteiger partial charge is 0.534 e. The first kappa shape index (κ1) is 21.2. The summed E-state index contributed by atoms with van der Waals surface area (Å²) in [6.45, 7) is 0. The monoisotopic (exact) mass is 442 g/mol. The highest BCUT2D eigenvalue weighted by atomic mass is 35.5. The maximum atomic E-state index is 12.9. The molecule has 146 valence electrons. The predicted molar refractivity (Wildman–Crippen MR) is 95.9 cm³/mol. The van der Waals surface area contributed by atoms with Crippen molar-refractivity contribution in [1.82, 2.24) is 9.78 Å². The molecule has 1 aromatic carbocycles. The Morgan fingerprint density at radius 2 is 1.96 bits per heavy atom. The van der Waals surface area contributed by atoms with Crippen LogP contribution < -0.4 is 5.73 Å². The minimum absolute atomic E-state index is 0.0346. The number of methoxy groups -OCH3 is 1. The number of alkyl halides is 3. The number of nitrogen functional groups attached to an aromatic ring is 1. The molecule has 0 atom stereocenters. The third kappa shape index (κ3) is 4.60. The van der Waals surface area contributed by atoms with Gasteiger partial charge in [-0.3, -0.25) is 4.84 Å². The fourth-order valence-corrected chi connectivity index (χ4v) is 3.23. The molecule has 0 aliphatic rings. The van der Waals surface area contributed by atoms with Crippen LogP contribution in [0.15, 0.2) is 22.2 Å². The number of anilines is 1. The second-order valence-electron chi connectivity index (χ2n) is 4.78. The van der Waals surface area contributed by atoms with Crippen LogP contribution in [0.3, 0.4) is 0 Å². The Morgan fingerprint density at radius 1 is 1.37 bits per heavy atom. The number of aromatic nitrogens is 2. The Hall–Kier alpha value is -2.11. The van der Waals surface area contributed by atoms with E-state index < -0.39 is 17.9 Å². The van der Waals surface area contributed by atoms with Crippen molar-refractivity contribution in [3.63, 3.8) is 0 Å². The highest BCUT2D eigenvalue weighted by Crippen LogP contribution is 2.39. The maximum Gasteiger partial charge on any atom is 0.534 e. The van der Waals surface area contributed by atoms with Crippen molar-refractivity contribution in [3.05, 3.63) is 33.4 Å². The molecule has 27 heavy (non-hydrogen) atoms. The van der Waals surface area contributed by atoms with Crippen molar-refractivity contribution in [2.45, 2.75) is 11.1 Å². The smallest absolute Gasteiger partial charge is 0.436 e. The van der Waals surface area contributed by atoms with Crippen LogP contribution in [0.4, 0.5) is 23.8 Å². The minimum atomic E-state index is -4.62. The highest BCUT2D eigenvalue weighted by molar-refractivity contribution is 7.98. The Bertz CT molecular complexity index is 879. The van der Waals surface area contributed by atoms with Crippen LogP contribution >= 0.6 is 35.0 Å². The Morgan fingerprint density at radius 3 is 2.44 bits per heavy atom. The first-order chi connectivity index (χ1) is 12.6. The van der Waals surface area contributed by atoms with Crippen LogP contribution in [0, 0.1) is 0 Å². The second kappa shape index (κ2) is 8.28. The number of nitrogens with two attached hydrogens (primary N) is 1. The summed E-state index contributed by atoms with van der Waals surface area (Å²) in [6.07, 6.45) is -2.89. The van der Waals surface area contributed by atoms with Gasteiger partial charge < -0.3 is 10.5 Å². The van der Waals surface area contributed by atoms with Gasteiger partial charge in [-0.2, -0.15) is 18.3 Å². The lowest BCUT2D eigenvalue weighted by Gasteiger charge is -2.13. The molecule has 0 aliphatic heterocycles. The molecule has 1 aromatic heterocycles. The van der Waals surface area contributed by atoms with Crippen LogP contribution in [0.2, 0.25) is 10.0 Å². The third-order valence-electron chi connectivity index (χ3n) is 3.13. The average Bonchev–Trinajstić information content (AvgIpc) is 2.88. The van der Waals surface area contributed by atoms with Gasteiger partial charge in [0, 0.05) is 0 Å². The number of ether oxygens (including phenoxy) is 1. The van der Waals surface area contributed by atoms with E-state index in [1.165, 1.54) is 11.8 Å². The molecule has 1 heterocycles. The van der Waals surface area contributed by atoms with E-state index in [2.05, 4.69) is 19.8 Å². The quantitative estimate of drug-likeness (QED) is 0.244. The van der Waals surface area contributed by atoms with Crippen LogP contribution in [0.1, 0.15) is 11.3 Å². The van der Waals surface area contributed by atoms with E-state index in [4.69, 9.17) is 28.9 Å². The average molecular weight is 443 g/mol. The lowest BCUT2D eigenvalue weighted by molar-refractivity contribution is -0.137. The number of benzene rings is 1. The lowest BCUT2D eigenvalue weighted by Crippen LogP contribution is -2.08. The van der Waals surface area contributed by atoms with E-state index in [9.17, 15) is 18.0 Å². The Balaban J connectivity index is 2.52. The number of hydrogen-bond acceptors (Lipinski definition) is 7. The molecule has 0 aliphatic carbocycles. The van der Waals surface area contributed by atoms with Gasteiger partial charge in [-0.25, -0.2) is 9.48 Å². The molecule has 0 saturated carbocycles. The summed E-state index contributed by atoms with van der Waals surface area (Å²) in [5, 5.41) is 6.93. The third-order valence-corrected chi connectivity index (χ3v) is 4.53. The fourth-order valence-electron chi connectivity index (χ4n) is 1.99. The molecule has 13 heteroatoms. The predicted octanol–water partition coefficient (Wildman–Crippen LogP) is 4.62. The SMILES string of the molecule is COC(=O)O/N=C/c1nn(-c2c(Cl)cc(C(F)(F)F)cc2Cl)c(N)c1SC. The molecule has 2 N–H and O–H groups in total. The minimum Gasteiger partial charge on any atom is -0.436 e. The van der Waals surface area contributed by atoms with Crippen molar-refractivity contribution in [2.75, 3.05) is 19.1 Å². The van der Waals surface area contributed by atoms with Crippen molar-refractivity contribution in [3.8, 4) is 5.69 Å². The summed E-state index contributed by atoms with van der Waals surface area (Å²) < 4.78 is 44.0. The summed E-state index contributed by atoms with van der Waals surface area (Å²) in [5.74, 6) is 0.0607. The van der Waals surface area contributed by atoms with Gasteiger partial charge in [-0.1, -0.05) is 28.4 Å². The summed E-state index contributed by atoms with van der Waals surface area (Å²) in [6, 6.07) is 1.44.